The molecule has 0 aliphatic heterocycles. The van der Waals surface area contributed by atoms with Crippen molar-refractivity contribution in [3.8, 4) is 6.07 Å². The fourth-order valence-electron chi connectivity index (χ4n) is 2.97. The summed E-state index contributed by atoms with van der Waals surface area (Å²) in [5.74, 6) is -0.576. The SMILES string of the molecule is C[C@](C#N)(NC(=O)COC(=O)C1(c2ccccc2)CC1)C1CC1. The standard InChI is InChI=1S/C18H20N2O3/c1-17(12-19,13-7-8-13)20-15(21)11-23-16(22)18(9-10-18)14-5-3-2-4-6-14/h2-6,13H,7-11H2,1H3,(H,20,21)/t17-/m1/s1. The molecule has 0 unspecified atom stereocenters. The van der Waals surface area contributed by atoms with Gasteiger partial charge in [-0.2, -0.15) is 5.26 Å². The van der Waals surface area contributed by atoms with E-state index in [-0.39, 0.29) is 18.5 Å². The third-order valence-electron chi connectivity index (χ3n) is 4.83. The number of rotatable bonds is 6. The first kappa shape index (κ1) is 15.5. The first-order valence-electron chi connectivity index (χ1n) is 7.95. The molecule has 2 aliphatic carbocycles. The first-order chi connectivity index (χ1) is 11.0. The number of amides is 1. The van der Waals surface area contributed by atoms with Crippen molar-refractivity contribution in [1.29, 1.82) is 5.26 Å². The Morgan fingerprint density at radius 3 is 2.52 bits per heavy atom. The Bertz CT molecular complexity index is 657. The summed E-state index contributed by atoms with van der Waals surface area (Å²) in [5, 5.41) is 11.9. The van der Waals surface area contributed by atoms with Gasteiger partial charge in [-0.15, -0.1) is 0 Å². The Balaban J connectivity index is 1.55. The Labute approximate surface area is 135 Å². The highest BCUT2D eigenvalue weighted by Crippen LogP contribution is 2.49. The molecule has 2 saturated carbocycles. The highest BCUT2D eigenvalue weighted by molar-refractivity contribution is 5.89. The van der Waals surface area contributed by atoms with Crippen LogP contribution in [0.2, 0.25) is 0 Å². The van der Waals surface area contributed by atoms with Crippen LogP contribution in [0.25, 0.3) is 0 Å². The fourth-order valence-corrected chi connectivity index (χ4v) is 2.97. The van der Waals surface area contributed by atoms with Crippen LogP contribution < -0.4 is 5.32 Å². The lowest BCUT2D eigenvalue weighted by Gasteiger charge is -2.23. The molecule has 2 aliphatic rings. The number of ether oxygens (including phenoxy) is 1. The number of nitrogens with one attached hydrogen (secondary N) is 1. The molecule has 5 heteroatoms. The van der Waals surface area contributed by atoms with Crippen LogP contribution in [0.3, 0.4) is 0 Å². The maximum atomic E-state index is 12.3. The predicted octanol–water partition coefficient (Wildman–Crippen LogP) is 2.07. The summed E-state index contributed by atoms with van der Waals surface area (Å²) in [6.07, 6.45) is 3.38. The predicted molar refractivity (Wildman–Crippen MR) is 83.2 cm³/mol. The molecule has 1 aromatic rings. The molecule has 0 aromatic heterocycles. The van der Waals surface area contributed by atoms with Gasteiger partial charge in [0.25, 0.3) is 5.91 Å². The smallest absolute Gasteiger partial charge is 0.317 e. The molecule has 3 rings (SSSR count). The highest BCUT2D eigenvalue weighted by atomic mass is 16.5. The topological polar surface area (TPSA) is 79.2 Å². The van der Waals surface area contributed by atoms with E-state index in [0.29, 0.717) is 0 Å². The van der Waals surface area contributed by atoms with E-state index in [0.717, 1.165) is 31.2 Å². The monoisotopic (exact) mass is 312 g/mol. The van der Waals surface area contributed by atoms with Crippen LogP contribution >= 0.6 is 0 Å². The van der Waals surface area contributed by atoms with Crippen LogP contribution in [0.5, 0.6) is 0 Å². The number of hydrogen-bond donors (Lipinski definition) is 1. The molecular weight excluding hydrogens is 292 g/mol. The lowest BCUT2D eigenvalue weighted by Crippen LogP contribution is -2.48. The largest absolute Gasteiger partial charge is 0.455 e. The average molecular weight is 312 g/mol. The summed E-state index contributed by atoms with van der Waals surface area (Å²) in [6, 6.07) is 11.7. The molecule has 1 N–H and O–H groups in total. The highest BCUT2D eigenvalue weighted by Gasteiger charge is 2.53. The Kier molecular flexibility index (Phi) is 3.85. The van der Waals surface area contributed by atoms with Gasteiger partial charge in [-0.25, -0.2) is 0 Å². The molecule has 1 amide bonds. The van der Waals surface area contributed by atoms with Crippen molar-refractivity contribution in [3.05, 3.63) is 35.9 Å². The molecule has 0 bridgehead atoms. The number of esters is 1. The minimum Gasteiger partial charge on any atom is -0.455 e. The van der Waals surface area contributed by atoms with E-state index in [1.807, 2.05) is 30.3 Å². The molecule has 0 radical (unpaired) electrons. The summed E-state index contributed by atoms with van der Waals surface area (Å²) in [6.45, 7) is 1.38. The number of carbonyl (C=O) groups excluding carboxylic acids is 2. The van der Waals surface area contributed by atoms with Crippen LogP contribution in [-0.4, -0.2) is 24.0 Å². The van der Waals surface area contributed by atoms with Crippen molar-refractivity contribution in [2.45, 2.75) is 43.6 Å². The van der Waals surface area contributed by atoms with Gasteiger partial charge in [-0.3, -0.25) is 9.59 Å². The van der Waals surface area contributed by atoms with Crippen LogP contribution in [0.1, 0.15) is 38.2 Å². The molecule has 1 aromatic carbocycles. The second kappa shape index (κ2) is 5.69. The molecule has 0 spiro atoms. The Morgan fingerprint density at radius 1 is 1.35 bits per heavy atom. The molecule has 0 heterocycles. The van der Waals surface area contributed by atoms with Gasteiger partial charge in [0, 0.05) is 0 Å². The zero-order valence-electron chi connectivity index (χ0n) is 13.2. The van der Waals surface area contributed by atoms with Crippen LogP contribution in [0, 0.1) is 17.2 Å². The van der Waals surface area contributed by atoms with Crippen LogP contribution in [0.4, 0.5) is 0 Å². The van der Waals surface area contributed by atoms with Crippen molar-refractivity contribution in [3.63, 3.8) is 0 Å². The van der Waals surface area contributed by atoms with Crippen molar-refractivity contribution >= 4 is 11.9 Å². The normalized spacial score (nSPS) is 20.7. The summed E-state index contributed by atoms with van der Waals surface area (Å²) in [5.41, 5.74) is -0.512. The second-order valence-corrected chi connectivity index (χ2v) is 6.66. The molecular formula is C18H20N2O3. The van der Waals surface area contributed by atoms with Gasteiger partial charge in [0.05, 0.1) is 11.5 Å². The van der Waals surface area contributed by atoms with Crippen molar-refractivity contribution in [1.82, 2.24) is 5.32 Å². The third kappa shape index (κ3) is 3.07. The third-order valence-corrected chi connectivity index (χ3v) is 4.83. The average Bonchev–Trinajstić information content (AvgIpc) is 3.45. The van der Waals surface area contributed by atoms with E-state index in [1.54, 1.807) is 6.92 Å². The maximum Gasteiger partial charge on any atom is 0.317 e. The lowest BCUT2D eigenvalue weighted by molar-refractivity contribution is -0.151. The van der Waals surface area contributed by atoms with E-state index in [4.69, 9.17) is 4.74 Å². The molecule has 120 valence electrons. The van der Waals surface area contributed by atoms with Gasteiger partial charge >= 0.3 is 5.97 Å². The van der Waals surface area contributed by atoms with E-state index < -0.39 is 16.9 Å². The number of carbonyl (C=O) groups is 2. The number of hydrogen-bond acceptors (Lipinski definition) is 4. The van der Waals surface area contributed by atoms with Gasteiger partial charge in [0.1, 0.15) is 5.54 Å². The molecule has 2 fully saturated rings. The van der Waals surface area contributed by atoms with Gasteiger partial charge in [-0.05, 0) is 44.1 Å². The van der Waals surface area contributed by atoms with Crippen molar-refractivity contribution < 1.29 is 14.3 Å². The molecule has 23 heavy (non-hydrogen) atoms. The van der Waals surface area contributed by atoms with Gasteiger partial charge < -0.3 is 10.1 Å². The van der Waals surface area contributed by atoms with Gasteiger partial charge in [-0.1, -0.05) is 30.3 Å². The number of nitriles is 1. The van der Waals surface area contributed by atoms with Crippen molar-refractivity contribution in [2.75, 3.05) is 6.61 Å². The first-order valence-corrected chi connectivity index (χ1v) is 7.95. The summed E-state index contributed by atoms with van der Waals surface area (Å²) in [4.78, 5) is 24.3. The molecule has 5 nitrogen and oxygen atoms in total. The summed E-state index contributed by atoms with van der Waals surface area (Å²) >= 11 is 0. The summed E-state index contributed by atoms with van der Waals surface area (Å²) < 4.78 is 5.22. The minimum atomic E-state index is -0.861. The fraction of sp³-hybridized carbons (Fsp3) is 0.500. The second-order valence-electron chi connectivity index (χ2n) is 6.66. The van der Waals surface area contributed by atoms with Gasteiger partial charge in [0.2, 0.25) is 0 Å². The van der Waals surface area contributed by atoms with E-state index in [2.05, 4.69) is 11.4 Å². The Morgan fingerprint density at radius 2 is 2.00 bits per heavy atom. The zero-order chi connectivity index (χ0) is 16.5. The Hall–Kier alpha value is -2.35. The lowest BCUT2D eigenvalue weighted by atomic mass is 9.96. The zero-order valence-corrected chi connectivity index (χ0v) is 13.2. The maximum absolute atomic E-state index is 12.3. The van der Waals surface area contributed by atoms with Crippen LogP contribution in [-0.2, 0) is 19.7 Å². The molecule has 0 saturated heterocycles. The van der Waals surface area contributed by atoms with Crippen LogP contribution in [0.15, 0.2) is 30.3 Å². The summed E-state index contributed by atoms with van der Waals surface area (Å²) in [7, 11) is 0. The van der Waals surface area contributed by atoms with E-state index in [9.17, 15) is 14.9 Å². The van der Waals surface area contributed by atoms with Gasteiger partial charge in [0.15, 0.2) is 6.61 Å². The molecule has 1 atom stereocenters. The number of nitrogens with zero attached hydrogens (tertiary/aromatic N) is 1. The van der Waals surface area contributed by atoms with E-state index in [1.165, 1.54) is 0 Å². The number of benzene rings is 1. The van der Waals surface area contributed by atoms with E-state index >= 15 is 0 Å². The van der Waals surface area contributed by atoms with Crippen molar-refractivity contribution in [2.24, 2.45) is 5.92 Å². The minimum absolute atomic E-state index is 0.200. The quantitative estimate of drug-likeness (QED) is 0.816.